The van der Waals surface area contributed by atoms with Crippen LogP contribution in [0.1, 0.15) is 61.2 Å². The third-order valence-corrected chi connectivity index (χ3v) is 5.54. The first-order chi connectivity index (χ1) is 14.8. The van der Waals surface area contributed by atoms with E-state index in [1.165, 1.54) is 4.68 Å². The quantitative estimate of drug-likeness (QED) is 0.663. The molecule has 4 heterocycles. The second-order valence-corrected chi connectivity index (χ2v) is 8.31. The number of carbonyl (C=O) groups is 1. The van der Waals surface area contributed by atoms with Crippen molar-refractivity contribution in [2.24, 2.45) is 0 Å². The first kappa shape index (κ1) is 21.0. The highest BCUT2D eigenvalue weighted by molar-refractivity contribution is 5.90. The van der Waals surface area contributed by atoms with Crippen LogP contribution in [-0.4, -0.2) is 54.4 Å². The summed E-state index contributed by atoms with van der Waals surface area (Å²) in [5.74, 6) is 0.957. The van der Waals surface area contributed by atoms with E-state index in [1.807, 2.05) is 33.8 Å². The molecule has 1 aliphatic heterocycles. The lowest BCUT2D eigenvalue weighted by Crippen LogP contribution is -2.48. The molecule has 1 saturated heterocycles. The molecule has 3 aromatic heterocycles. The number of aromatic nitrogens is 6. The molecule has 0 aromatic carbocycles. The van der Waals surface area contributed by atoms with Crippen LogP contribution in [0.15, 0.2) is 23.0 Å². The number of nitrogens with zero attached hydrogens (tertiary/aromatic N) is 7. The zero-order chi connectivity index (χ0) is 22.1. The van der Waals surface area contributed by atoms with Gasteiger partial charge in [-0.2, -0.15) is 10.1 Å². The molecule has 0 bridgehead atoms. The Morgan fingerprint density at radius 2 is 2.00 bits per heavy atom. The normalized spacial score (nSPS) is 16.8. The van der Waals surface area contributed by atoms with Gasteiger partial charge in [0.15, 0.2) is 0 Å². The number of fused-ring (bicyclic) bond motifs is 1. The van der Waals surface area contributed by atoms with E-state index in [4.69, 9.17) is 0 Å². The van der Waals surface area contributed by atoms with E-state index in [1.54, 1.807) is 16.6 Å². The Kier molecular flexibility index (Phi) is 5.71. The molecule has 0 saturated carbocycles. The van der Waals surface area contributed by atoms with Gasteiger partial charge in [0.25, 0.3) is 17.2 Å². The lowest BCUT2D eigenvalue weighted by atomic mass is 10.0. The number of anilines is 1. The molecule has 1 amide bonds. The highest BCUT2D eigenvalue weighted by Crippen LogP contribution is 2.22. The van der Waals surface area contributed by atoms with Crippen LogP contribution >= 0.6 is 0 Å². The fourth-order valence-electron chi connectivity index (χ4n) is 4.00. The Hall–Kier alpha value is -3.30. The van der Waals surface area contributed by atoms with Crippen LogP contribution in [0.4, 0.5) is 5.82 Å². The minimum atomic E-state index is -0.326. The molecule has 3 aromatic rings. The second-order valence-electron chi connectivity index (χ2n) is 8.31. The van der Waals surface area contributed by atoms with Crippen molar-refractivity contribution in [1.82, 2.24) is 34.7 Å². The maximum atomic E-state index is 12.7. The van der Waals surface area contributed by atoms with Crippen molar-refractivity contribution >= 4 is 17.5 Å². The number of rotatable bonds is 5. The molecular formula is C21H28N8O2. The SMILES string of the molecule is Cc1cc(C)n2nc(C(=O)NCC3CCCCN3c3ccc(=O)n(C(C)C)n3)nc2n1. The average Bonchev–Trinajstić information content (AvgIpc) is 3.17. The van der Waals surface area contributed by atoms with Gasteiger partial charge < -0.3 is 10.2 Å². The van der Waals surface area contributed by atoms with Crippen molar-refractivity contribution < 1.29 is 4.79 Å². The highest BCUT2D eigenvalue weighted by Gasteiger charge is 2.26. The third kappa shape index (κ3) is 4.28. The first-order valence-electron chi connectivity index (χ1n) is 10.7. The fraction of sp³-hybridized carbons (Fsp3) is 0.524. The van der Waals surface area contributed by atoms with E-state index in [0.29, 0.717) is 12.3 Å². The summed E-state index contributed by atoms with van der Waals surface area (Å²) in [6, 6.07) is 5.29. The van der Waals surface area contributed by atoms with Gasteiger partial charge in [0.05, 0.1) is 6.04 Å². The standard InChI is InChI=1S/C21H28N8O2/c1-13(2)28-18(30)9-8-17(25-28)27-10-6-5-7-16(27)12-22-20(31)19-24-21-23-14(3)11-15(4)29(21)26-19/h8-9,11,13,16H,5-7,10,12H2,1-4H3,(H,22,31). The number of amides is 1. The van der Waals surface area contributed by atoms with E-state index < -0.39 is 0 Å². The van der Waals surface area contributed by atoms with Crippen LogP contribution in [-0.2, 0) is 0 Å². The summed E-state index contributed by atoms with van der Waals surface area (Å²) in [7, 11) is 0. The van der Waals surface area contributed by atoms with Crippen molar-refractivity contribution in [2.45, 2.75) is 59.0 Å². The van der Waals surface area contributed by atoms with Gasteiger partial charge in [0.1, 0.15) is 5.82 Å². The van der Waals surface area contributed by atoms with Gasteiger partial charge >= 0.3 is 0 Å². The lowest BCUT2D eigenvalue weighted by molar-refractivity contribution is 0.0939. The van der Waals surface area contributed by atoms with Crippen molar-refractivity contribution in [3.63, 3.8) is 0 Å². The van der Waals surface area contributed by atoms with Crippen molar-refractivity contribution in [3.05, 3.63) is 45.8 Å². The Labute approximate surface area is 180 Å². The summed E-state index contributed by atoms with van der Waals surface area (Å²) in [5.41, 5.74) is 1.59. The van der Waals surface area contributed by atoms with Crippen molar-refractivity contribution in [3.8, 4) is 0 Å². The third-order valence-electron chi connectivity index (χ3n) is 5.54. The number of hydrogen-bond acceptors (Lipinski definition) is 7. The van der Waals surface area contributed by atoms with Gasteiger partial charge in [-0.15, -0.1) is 5.10 Å². The average molecular weight is 425 g/mol. The molecule has 1 N–H and O–H groups in total. The van der Waals surface area contributed by atoms with E-state index >= 15 is 0 Å². The minimum Gasteiger partial charge on any atom is -0.350 e. The van der Waals surface area contributed by atoms with Gasteiger partial charge in [-0.25, -0.2) is 14.2 Å². The second kappa shape index (κ2) is 8.44. The van der Waals surface area contributed by atoms with Gasteiger partial charge in [-0.05, 0) is 59.1 Å². The highest BCUT2D eigenvalue weighted by atomic mass is 16.2. The molecular weight excluding hydrogens is 396 g/mol. The zero-order valence-corrected chi connectivity index (χ0v) is 18.4. The summed E-state index contributed by atoms with van der Waals surface area (Å²) in [5, 5.41) is 11.8. The maximum Gasteiger partial charge on any atom is 0.291 e. The molecule has 1 aliphatic rings. The number of nitrogens with one attached hydrogen (secondary N) is 1. The Morgan fingerprint density at radius 1 is 1.19 bits per heavy atom. The lowest BCUT2D eigenvalue weighted by Gasteiger charge is -2.36. The molecule has 0 radical (unpaired) electrons. The largest absolute Gasteiger partial charge is 0.350 e. The molecule has 31 heavy (non-hydrogen) atoms. The van der Waals surface area contributed by atoms with Crippen LogP contribution in [0, 0.1) is 13.8 Å². The topological polar surface area (TPSA) is 110 Å². The Bertz CT molecular complexity index is 1170. The zero-order valence-electron chi connectivity index (χ0n) is 18.4. The van der Waals surface area contributed by atoms with Crippen LogP contribution in [0.3, 0.4) is 0 Å². The smallest absolute Gasteiger partial charge is 0.291 e. The van der Waals surface area contributed by atoms with Crippen LogP contribution < -0.4 is 15.8 Å². The molecule has 1 unspecified atom stereocenters. The molecule has 10 nitrogen and oxygen atoms in total. The molecule has 0 spiro atoms. The van der Waals surface area contributed by atoms with Gasteiger partial charge in [0.2, 0.25) is 5.82 Å². The van der Waals surface area contributed by atoms with Crippen molar-refractivity contribution in [1.29, 1.82) is 0 Å². The number of piperidine rings is 1. The fourth-order valence-corrected chi connectivity index (χ4v) is 4.00. The van der Waals surface area contributed by atoms with E-state index in [-0.39, 0.29) is 29.4 Å². The van der Waals surface area contributed by atoms with Crippen LogP contribution in [0.2, 0.25) is 0 Å². The molecule has 4 rings (SSSR count). The minimum absolute atomic E-state index is 0.0165. The first-order valence-corrected chi connectivity index (χ1v) is 10.7. The van der Waals surface area contributed by atoms with Gasteiger partial charge in [-0.3, -0.25) is 9.59 Å². The number of hydrogen-bond donors (Lipinski definition) is 1. The van der Waals surface area contributed by atoms with Gasteiger partial charge in [-0.1, -0.05) is 0 Å². The van der Waals surface area contributed by atoms with E-state index in [2.05, 4.69) is 30.4 Å². The van der Waals surface area contributed by atoms with E-state index in [9.17, 15) is 9.59 Å². The Balaban J connectivity index is 1.50. The predicted molar refractivity (Wildman–Crippen MR) is 116 cm³/mol. The monoisotopic (exact) mass is 424 g/mol. The summed E-state index contributed by atoms with van der Waals surface area (Å²) in [6.07, 6.45) is 3.06. The number of carbonyl (C=O) groups excluding carboxylic acids is 1. The molecule has 1 atom stereocenters. The molecule has 0 aliphatic carbocycles. The molecule has 164 valence electrons. The summed E-state index contributed by atoms with van der Waals surface area (Å²) in [6.45, 7) is 8.94. The van der Waals surface area contributed by atoms with E-state index in [0.717, 1.165) is 43.0 Å². The summed E-state index contributed by atoms with van der Waals surface area (Å²) < 4.78 is 3.07. The summed E-state index contributed by atoms with van der Waals surface area (Å²) >= 11 is 0. The molecule has 1 fully saturated rings. The van der Waals surface area contributed by atoms with Crippen LogP contribution in [0.5, 0.6) is 0 Å². The summed E-state index contributed by atoms with van der Waals surface area (Å²) in [4.78, 5) is 35.6. The predicted octanol–water partition coefficient (Wildman–Crippen LogP) is 1.67. The molecule has 10 heteroatoms. The van der Waals surface area contributed by atoms with Crippen LogP contribution in [0.25, 0.3) is 5.78 Å². The van der Waals surface area contributed by atoms with Crippen molar-refractivity contribution in [2.75, 3.05) is 18.0 Å². The maximum absolute atomic E-state index is 12.7. The Morgan fingerprint density at radius 3 is 2.77 bits per heavy atom. The van der Waals surface area contributed by atoms with Gasteiger partial charge in [0, 0.05) is 36.6 Å². The number of aryl methyl sites for hydroxylation is 2.